The minimum Gasteiger partial charge on any atom is -0.652 e. The standard InChI is InChI=1S/2CH2O3/c2*2-1(3)4/h2*(H2,2,3,4). The highest BCUT2D eigenvalue weighted by Crippen LogP contribution is 1.21. The van der Waals surface area contributed by atoms with E-state index in [1.807, 2.05) is 0 Å². The van der Waals surface area contributed by atoms with Gasteiger partial charge >= 0.3 is 5.71 Å². The maximum atomic E-state index is 8.33. The largest absolute Gasteiger partial charge is 1.00 e. The first-order valence-corrected chi connectivity index (χ1v) is 1.22. The van der Waals surface area contributed by atoms with Crippen LogP contribution in [0.4, 0.5) is 9.59 Å². The van der Waals surface area contributed by atoms with Gasteiger partial charge in [-0.25, -0.2) is 0 Å². The first-order chi connectivity index (χ1) is 3.46. The Hall–Kier alpha value is -1.46. The van der Waals surface area contributed by atoms with Crippen LogP contribution < -0.4 is 20.4 Å². The number of hydrogen-bond donors (Lipinski definition) is 0. The summed E-state index contributed by atoms with van der Waals surface area (Å²) < 4.78 is 0. The fourth-order valence-corrected chi connectivity index (χ4v) is 0. The summed E-state index contributed by atoms with van der Waals surface area (Å²) >= 11 is 0. The molecule has 0 spiro atoms. The van der Waals surface area contributed by atoms with Gasteiger partial charge in [-0.15, -0.1) is 0 Å². The predicted octanol–water partition coefficient (Wildman–Crippen LogP) is -4.44. The number of carbonyl (C=O) groups is 2. The van der Waals surface area contributed by atoms with Crippen LogP contribution in [0.25, 0.3) is 0 Å². The molecule has 6 heteroatoms. The Morgan fingerprint density at radius 3 is 0.875 bits per heavy atom. The van der Waals surface area contributed by atoms with E-state index >= 15 is 0 Å². The van der Waals surface area contributed by atoms with Crippen molar-refractivity contribution >= 4 is 12.3 Å². The lowest BCUT2D eigenvalue weighted by Gasteiger charge is -1.96. The van der Waals surface area contributed by atoms with Gasteiger partial charge in [0, 0.05) is 0 Å². The summed E-state index contributed by atoms with van der Waals surface area (Å²) in [5.74, 6) is 0. The third-order valence-corrected chi connectivity index (χ3v) is 0. The van der Waals surface area contributed by atoms with E-state index in [2.05, 4.69) is 0 Å². The Balaban J connectivity index is -0.0000000112. The molecule has 0 heterocycles. The molecule has 0 aliphatic carbocycles. The quantitative estimate of drug-likeness (QED) is 0.320. The molecule has 0 radical (unpaired) electrons. The van der Waals surface area contributed by atoms with Crippen molar-refractivity contribution < 1.29 is 35.7 Å². The molecule has 0 N–H and O–H groups in total. The van der Waals surface area contributed by atoms with Gasteiger partial charge in [0.05, 0.1) is 0 Å². The summed E-state index contributed by atoms with van der Waals surface area (Å²) in [6, 6.07) is 0. The van der Waals surface area contributed by atoms with E-state index < -0.39 is 12.3 Å². The van der Waals surface area contributed by atoms with E-state index in [-0.39, 0.29) is 5.71 Å². The zero-order chi connectivity index (χ0) is 7.15. The van der Waals surface area contributed by atoms with E-state index in [1.165, 1.54) is 0 Å². The molecule has 0 aromatic carbocycles. The van der Waals surface area contributed by atoms with Gasteiger partial charge in [0.2, 0.25) is 0 Å². The van der Waals surface area contributed by atoms with Gasteiger partial charge in [-0.3, -0.25) is 0 Å². The van der Waals surface area contributed by atoms with Crippen LogP contribution in [0.15, 0.2) is 0 Å². The lowest BCUT2D eigenvalue weighted by Crippen LogP contribution is -2.37. The van der Waals surface area contributed by atoms with Gasteiger partial charge < -0.3 is 30.0 Å². The lowest BCUT2D eigenvalue weighted by atomic mass is 11.5. The molecule has 0 aromatic heterocycles. The van der Waals surface area contributed by atoms with Crippen LogP contribution >= 0.6 is 0 Å². The Labute approximate surface area is 49.5 Å². The molecule has 48 valence electrons. The van der Waals surface area contributed by atoms with Crippen molar-refractivity contribution in [3.63, 3.8) is 0 Å². The SMILES string of the molecule is O=C([O-])[O-].O=C([O-])[O-].[H+].[H+].[H+].[H+]. The van der Waals surface area contributed by atoms with Crippen molar-refractivity contribution in [3.05, 3.63) is 0 Å². The molecule has 0 amide bonds. The van der Waals surface area contributed by atoms with Gasteiger partial charge in [0.25, 0.3) is 0 Å². The van der Waals surface area contributed by atoms with Gasteiger partial charge in [0.1, 0.15) is 0 Å². The Morgan fingerprint density at radius 1 is 0.875 bits per heavy atom. The first-order valence-electron chi connectivity index (χ1n) is 1.22. The molecule has 0 aliphatic heterocycles. The smallest absolute Gasteiger partial charge is 0.652 e. The summed E-state index contributed by atoms with van der Waals surface area (Å²) in [6.07, 6.45) is -4.67. The highest BCUT2D eigenvalue weighted by atomic mass is 16.6. The normalized spacial score (nSPS) is 6.00. The molecular weight excluding hydrogens is 120 g/mol. The maximum Gasteiger partial charge on any atom is 1.00 e. The molecule has 0 aromatic rings. The number of carbonyl (C=O) groups excluding carboxylic acids is 2. The second-order valence-corrected chi connectivity index (χ2v) is 0.500. The van der Waals surface area contributed by atoms with Crippen LogP contribution in [0.5, 0.6) is 0 Å². The van der Waals surface area contributed by atoms with Crippen LogP contribution in [0, 0.1) is 0 Å². The van der Waals surface area contributed by atoms with Crippen molar-refractivity contribution in [1.82, 2.24) is 0 Å². The fourth-order valence-electron chi connectivity index (χ4n) is 0. The second-order valence-electron chi connectivity index (χ2n) is 0.500. The van der Waals surface area contributed by atoms with Crippen LogP contribution in [0.1, 0.15) is 5.71 Å². The van der Waals surface area contributed by atoms with Crippen molar-refractivity contribution in [1.29, 1.82) is 0 Å². The number of carboxylic acid groups (broad SMARTS) is 4. The van der Waals surface area contributed by atoms with Crippen LogP contribution in [-0.2, 0) is 0 Å². The molecule has 0 bridgehead atoms. The highest BCUT2D eigenvalue weighted by Gasteiger charge is 1.27. The third kappa shape index (κ3) is 26.7. The molecule has 0 saturated heterocycles. The lowest BCUT2D eigenvalue weighted by molar-refractivity contribution is -0.417. The average Bonchev–Trinajstić information content (AvgIpc) is 1.25. The molecule has 0 atom stereocenters. The van der Waals surface area contributed by atoms with Crippen molar-refractivity contribution in [3.8, 4) is 0 Å². The summed E-state index contributed by atoms with van der Waals surface area (Å²) in [6.45, 7) is 0. The summed E-state index contributed by atoms with van der Waals surface area (Å²) in [7, 11) is 0. The third-order valence-electron chi connectivity index (χ3n) is 0. The van der Waals surface area contributed by atoms with Crippen molar-refractivity contribution in [2.75, 3.05) is 0 Å². The van der Waals surface area contributed by atoms with Crippen molar-refractivity contribution in [2.24, 2.45) is 0 Å². The van der Waals surface area contributed by atoms with Crippen LogP contribution in [0.2, 0.25) is 0 Å². The van der Waals surface area contributed by atoms with E-state index in [0.29, 0.717) is 0 Å². The molecule has 6 nitrogen and oxygen atoms in total. The predicted molar refractivity (Wildman–Crippen MR) is 15.2 cm³/mol. The Kier molecular flexibility index (Phi) is 6.74. The molecule has 8 heavy (non-hydrogen) atoms. The molecular formula is C2H4O6. The summed E-state index contributed by atoms with van der Waals surface area (Å²) in [5.41, 5.74) is 0. The zero-order valence-electron chi connectivity index (χ0n) is 7.45. The monoisotopic (exact) mass is 124 g/mol. The van der Waals surface area contributed by atoms with E-state index in [0.717, 1.165) is 0 Å². The van der Waals surface area contributed by atoms with E-state index in [4.69, 9.17) is 30.0 Å². The fraction of sp³-hybridized carbons (Fsp3) is 0. The van der Waals surface area contributed by atoms with E-state index in [1.54, 1.807) is 0 Å². The molecule has 0 rings (SSSR count). The molecule has 0 aliphatic rings. The molecule has 0 unspecified atom stereocenters. The van der Waals surface area contributed by atoms with Crippen LogP contribution in [0.3, 0.4) is 0 Å². The number of hydrogen-bond acceptors (Lipinski definition) is 6. The van der Waals surface area contributed by atoms with Gasteiger partial charge in [-0.1, -0.05) is 0 Å². The number of rotatable bonds is 0. The zero-order valence-corrected chi connectivity index (χ0v) is 3.45. The van der Waals surface area contributed by atoms with Crippen LogP contribution in [-0.4, -0.2) is 12.3 Å². The maximum absolute atomic E-state index is 8.33. The summed E-state index contributed by atoms with van der Waals surface area (Å²) in [4.78, 5) is 16.7. The average molecular weight is 124 g/mol. The minimum absolute atomic E-state index is 0. The topological polar surface area (TPSA) is 126 Å². The van der Waals surface area contributed by atoms with Gasteiger partial charge in [-0.05, 0) is 12.3 Å². The second kappa shape index (κ2) is 5.54. The van der Waals surface area contributed by atoms with Gasteiger partial charge in [0.15, 0.2) is 0 Å². The van der Waals surface area contributed by atoms with Crippen molar-refractivity contribution in [2.45, 2.75) is 0 Å². The first kappa shape index (κ1) is 9.74. The summed E-state index contributed by atoms with van der Waals surface area (Å²) in [5, 5.41) is 33.3. The molecule has 0 saturated carbocycles. The molecule has 0 fully saturated rings. The Bertz CT molecular complexity index is 75.5. The highest BCUT2D eigenvalue weighted by molar-refractivity contribution is 5.47. The van der Waals surface area contributed by atoms with Gasteiger partial charge in [-0.2, -0.15) is 0 Å². The van der Waals surface area contributed by atoms with E-state index in [9.17, 15) is 0 Å². The minimum atomic E-state index is -2.33. The Morgan fingerprint density at radius 2 is 0.875 bits per heavy atom.